The molecule has 5 heteroatoms. The number of amides is 1. The van der Waals surface area contributed by atoms with Crippen LogP contribution >= 0.6 is 15.9 Å². The van der Waals surface area contributed by atoms with Gasteiger partial charge in [0.25, 0.3) is 0 Å². The minimum atomic E-state index is -0.00555. The topological polar surface area (TPSA) is 46.9 Å². The summed E-state index contributed by atoms with van der Waals surface area (Å²) in [5.74, 6) is 0.574. The lowest BCUT2D eigenvalue weighted by Crippen LogP contribution is -2.12. The quantitative estimate of drug-likeness (QED) is 0.904. The molecule has 0 bridgehead atoms. The maximum atomic E-state index is 11.6. The molecule has 1 amide bonds. The predicted octanol–water partition coefficient (Wildman–Crippen LogP) is 3.74. The molecule has 1 aromatic carbocycles. The number of rotatable bonds is 5. The van der Waals surface area contributed by atoms with Gasteiger partial charge >= 0.3 is 0 Å². The standard InChI is InChI=1S/C15H18BrN3O/c1-3-5-14(20)17-15-13(16)10-19(18-15)9-12-7-4-6-11(2)8-12/h4,6-8,10H,3,5,9H2,1-2H3,(H,17,18,20). The molecule has 0 radical (unpaired) electrons. The number of nitrogens with one attached hydrogen (secondary N) is 1. The van der Waals surface area contributed by atoms with E-state index < -0.39 is 0 Å². The van der Waals surface area contributed by atoms with E-state index in [2.05, 4.69) is 51.5 Å². The van der Waals surface area contributed by atoms with Crippen LogP contribution in [0.2, 0.25) is 0 Å². The Kier molecular flexibility index (Phi) is 4.95. The van der Waals surface area contributed by atoms with Crippen LogP contribution in [0, 0.1) is 6.92 Å². The van der Waals surface area contributed by atoms with Crippen LogP contribution in [0.4, 0.5) is 5.82 Å². The molecule has 20 heavy (non-hydrogen) atoms. The van der Waals surface area contributed by atoms with Gasteiger partial charge in [-0.2, -0.15) is 5.10 Å². The molecule has 106 valence electrons. The Hall–Kier alpha value is -1.62. The van der Waals surface area contributed by atoms with Crippen molar-refractivity contribution in [2.24, 2.45) is 0 Å². The van der Waals surface area contributed by atoms with Gasteiger partial charge in [0, 0.05) is 12.6 Å². The monoisotopic (exact) mass is 335 g/mol. The van der Waals surface area contributed by atoms with Crippen LogP contribution < -0.4 is 5.32 Å². The Morgan fingerprint density at radius 2 is 2.25 bits per heavy atom. The predicted molar refractivity (Wildman–Crippen MR) is 83.7 cm³/mol. The van der Waals surface area contributed by atoms with E-state index in [9.17, 15) is 4.79 Å². The zero-order valence-electron chi connectivity index (χ0n) is 11.7. The number of hydrogen-bond donors (Lipinski definition) is 1. The summed E-state index contributed by atoms with van der Waals surface area (Å²) in [7, 11) is 0. The minimum Gasteiger partial charge on any atom is -0.308 e. The average molecular weight is 336 g/mol. The van der Waals surface area contributed by atoms with Crippen LogP contribution in [-0.4, -0.2) is 15.7 Å². The Bertz CT molecular complexity index is 607. The lowest BCUT2D eigenvalue weighted by Gasteiger charge is -2.03. The van der Waals surface area contributed by atoms with Crippen molar-refractivity contribution >= 4 is 27.7 Å². The van der Waals surface area contributed by atoms with Crippen LogP contribution in [0.15, 0.2) is 34.9 Å². The van der Waals surface area contributed by atoms with E-state index >= 15 is 0 Å². The first-order valence-electron chi connectivity index (χ1n) is 6.67. The van der Waals surface area contributed by atoms with E-state index in [1.54, 1.807) is 0 Å². The lowest BCUT2D eigenvalue weighted by atomic mass is 10.1. The first-order valence-corrected chi connectivity index (χ1v) is 7.46. The Morgan fingerprint density at radius 1 is 1.45 bits per heavy atom. The highest BCUT2D eigenvalue weighted by molar-refractivity contribution is 9.10. The van der Waals surface area contributed by atoms with Gasteiger partial charge < -0.3 is 5.32 Å². The molecule has 0 aliphatic rings. The lowest BCUT2D eigenvalue weighted by molar-refractivity contribution is -0.116. The first kappa shape index (κ1) is 14.8. The molecule has 2 rings (SSSR count). The number of benzene rings is 1. The second-order valence-corrected chi connectivity index (χ2v) is 5.66. The molecule has 0 spiro atoms. The summed E-state index contributed by atoms with van der Waals surface area (Å²) in [6.45, 7) is 4.73. The molecule has 1 aromatic heterocycles. The summed E-state index contributed by atoms with van der Waals surface area (Å²) in [5.41, 5.74) is 2.41. The molecule has 0 aliphatic heterocycles. The third-order valence-corrected chi connectivity index (χ3v) is 3.46. The highest BCUT2D eigenvalue weighted by Crippen LogP contribution is 2.21. The van der Waals surface area contributed by atoms with Crippen molar-refractivity contribution < 1.29 is 4.79 Å². The van der Waals surface area contributed by atoms with Gasteiger partial charge in [0.2, 0.25) is 5.91 Å². The van der Waals surface area contributed by atoms with Gasteiger partial charge in [0.1, 0.15) is 0 Å². The summed E-state index contributed by atoms with van der Waals surface area (Å²) in [6, 6.07) is 8.30. The van der Waals surface area contributed by atoms with Crippen molar-refractivity contribution in [3.63, 3.8) is 0 Å². The molecule has 1 heterocycles. The third kappa shape index (κ3) is 3.93. The van der Waals surface area contributed by atoms with Crippen molar-refractivity contribution in [3.05, 3.63) is 46.1 Å². The number of anilines is 1. The van der Waals surface area contributed by atoms with E-state index in [0.29, 0.717) is 18.8 Å². The smallest absolute Gasteiger partial charge is 0.225 e. The Morgan fingerprint density at radius 3 is 2.95 bits per heavy atom. The molecule has 0 saturated heterocycles. The van der Waals surface area contributed by atoms with E-state index in [1.807, 2.05) is 23.9 Å². The molecule has 0 fully saturated rings. The fourth-order valence-electron chi connectivity index (χ4n) is 1.98. The van der Waals surface area contributed by atoms with E-state index in [4.69, 9.17) is 0 Å². The van der Waals surface area contributed by atoms with Gasteiger partial charge in [-0.1, -0.05) is 36.8 Å². The third-order valence-electron chi connectivity index (χ3n) is 2.88. The van der Waals surface area contributed by atoms with Crippen LogP contribution in [0.1, 0.15) is 30.9 Å². The minimum absolute atomic E-state index is 0.00555. The Labute approximate surface area is 127 Å². The number of carbonyl (C=O) groups excluding carboxylic acids is 1. The molecule has 0 saturated carbocycles. The van der Waals surface area contributed by atoms with Gasteiger partial charge in [-0.05, 0) is 34.8 Å². The zero-order chi connectivity index (χ0) is 14.5. The highest BCUT2D eigenvalue weighted by atomic mass is 79.9. The maximum absolute atomic E-state index is 11.6. The second kappa shape index (κ2) is 6.70. The second-order valence-electron chi connectivity index (χ2n) is 4.81. The highest BCUT2D eigenvalue weighted by Gasteiger charge is 2.10. The number of carbonyl (C=O) groups is 1. The summed E-state index contributed by atoms with van der Waals surface area (Å²) in [4.78, 5) is 11.6. The van der Waals surface area contributed by atoms with Gasteiger partial charge in [-0.15, -0.1) is 0 Å². The van der Waals surface area contributed by atoms with Crippen molar-refractivity contribution in [2.45, 2.75) is 33.2 Å². The molecule has 0 aliphatic carbocycles. The van der Waals surface area contributed by atoms with Crippen LogP contribution in [-0.2, 0) is 11.3 Å². The maximum Gasteiger partial charge on any atom is 0.225 e. The number of hydrogen-bond acceptors (Lipinski definition) is 2. The fourth-order valence-corrected chi connectivity index (χ4v) is 2.40. The van der Waals surface area contributed by atoms with Gasteiger partial charge in [-0.25, -0.2) is 0 Å². The zero-order valence-corrected chi connectivity index (χ0v) is 13.3. The summed E-state index contributed by atoms with van der Waals surface area (Å²) < 4.78 is 2.62. The summed E-state index contributed by atoms with van der Waals surface area (Å²) in [6.07, 6.45) is 3.22. The van der Waals surface area contributed by atoms with Gasteiger partial charge in [0.15, 0.2) is 5.82 Å². The molecule has 1 N–H and O–H groups in total. The summed E-state index contributed by atoms with van der Waals surface area (Å²) >= 11 is 3.43. The van der Waals surface area contributed by atoms with Crippen molar-refractivity contribution in [1.29, 1.82) is 0 Å². The first-order chi connectivity index (χ1) is 9.58. The normalized spacial score (nSPS) is 10.6. The molecule has 0 unspecified atom stereocenters. The molecule has 0 atom stereocenters. The van der Waals surface area contributed by atoms with E-state index in [-0.39, 0.29) is 5.91 Å². The van der Waals surface area contributed by atoms with Gasteiger partial charge in [0.05, 0.1) is 11.0 Å². The molecule has 4 nitrogen and oxygen atoms in total. The van der Waals surface area contributed by atoms with Crippen LogP contribution in [0.3, 0.4) is 0 Å². The number of aryl methyl sites for hydroxylation is 1. The Balaban J connectivity index is 2.09. The average Bonchev–Trinajstić information content (AvgIpc) is 2.69. The SMILES string of the molecule is CCCC(=O)Nc1nn(Cc2cccc(C)c2)cc1Br. The van der Waals surface area contributed by atoms with E-state index in [0.717, 1.165) is 10.9 Å². The van der Waals surface area contributed by atoms with Crippen LogP contribution in [0.25, 0.3) is 0 Å². The van der Waals surface area contributed by atoms with E-state index in [1.165, 1.54) is 11.1 Å². The fraction of sp³-hybridized carbons (Fsp3) is 0.333. The molecular formula is C15H18BrN3O. The number of nitrogens with zero attached hydrogens (tertiary/aromatic N) is 2. The number of halogens is 1. The van der Waals surface area contributed by atoms with Gasteiger partial charge in [-0.3, -0.25) is 9.48 Å². The largest absolute Gasteiger partial charge is 0.308 e. The van der Waals surface area contributed by atoms with Crippen molar-refractivity contribution in [1.82, 2.24) is 9.78 Å². The summed E-state index contributed by atoms with van der Waals surface area (Å²) in [5, 5.41) is 7.21. The molecule has 2 aromatic rings. The molecular weight excluding hydrogens is 318 g/mol. The van der Waals surface area contributed by atoms with Crippen LogP contribution in [0.5, 0.6) is 0 Å². The number of aromatic nitrogens is 2. The van der Waals surface area contributed by atoms with Crippen molar-refractivity contribution in [3.8, 4) is 0 Å². The van der Waals surface area contributed by atoms with Crippen molar-refractivity contribution in [2.75, 3.05) is 5.32 Å².